The Morgan fingerprint density at radius 3 is 2.48 bits per heavy atom. The molecular formula is C22H30Cl2NO2+. The van der Waals surface area contributed by atoms with Crippen molar-refractivity contribution in [1.29, 1.82) is 0 Å². The van der Waals surface area contributed by atoms with Crippen LogP contribution in [0.4, 0.5) is 0 Å². The largest absolute Gasteiger partial charge is 0.490 e. The second-order valence-electron chi connectivity index (χ2n) is 7.99. The SMILES string of the molecule is Cc1cc(C(C)(C)C)ccc1OC[C@@H](O)C[NH2+]CCc1ccc(Cl)cc1Cl. The minimum Gasteiger partial charge on any atom is -0.490 e. The number of nitrogens with two attached hydrogens (primary N) is 1. The molecule has 0 spiro atoms. The molecule has 0 bridgehead atoms. The smallest absolute Gasteiger partial charge is 0.137 e. The highest BCUT2D eigenvalue weighted by molar-refractivity contribution is 6.35. The van der Waals surface area contributed by atoms with Gasteiger partial charge in [-0.1, -0.05) is 62.2 Å². The van der Waals surface area contributed by atoms with Crippen molar-refractivity contribution in [3.05, 3.63) is 63.1 Å². The van der Waals surface area contributed by atoms with Crippen LogP contribution in [0.5, 0.6) is 5.75 Å². The van der Waals surface area contributed by atoms with Gasteiger partial charge >= 0.3 is 0 Å². The Kier molecular flexibility index (Phi) is 7.99. The van der Waals surface area contributed by atoms with E-state index in [0.29, 0.717) is 16.6 Å². The molecule has 2 rings (SSSR count). The first kappa shape index (κ1) is 22.0. The zero-order chi connectivity index (χ0) is 20.0. The fourth-order valence-electron chi connectivity index (χ4n) is 2.82. The van der Waals surface area contributed by atoms with Crippen LogP contribution in [0.25, 0.3) is 0 Å². The van der Waals surface area contributed by atoms with Gasteiger partial charge in [-0.2, -0.15) is 0 Å². The third kappa shape index (κ3) is 7.00. The Bertz CT molecular complexity index is 756. The molecule has 3 N–H and O–H groups in total. The van der Waals surface area contributed by atoms with Crippen LogP contribution < -0.4 is 10.1 Å². The van der Waals surface area contributed by atoms with E-state index in [-0.39, 0.29) is 12.0 Å². The van der Waals surface area contributed by atoms with Crippen molar-refractivity contribution in [3.8, 4) is 5.75 Å². The Labute approximate surface area is 172 Å². The summed E-state index contributed by atoms with van der Waals surface area (Å²) < 4.78 is 5.81. The molecule has 0 saturated heterocycles. The lowest BCUT2D eigenvalue weighted by Gasteiger charge is -2.21. The molecule has 0 heterocycles. The molecule has 1 atom stereocenters. The first-order valence-corrected chi connectivity index (χ1v) is 10.1. The number of aliphatic hydroxyl groups excluding tert-OH is 1. The van der Waals surface area contributed by atoms with E-state index in [1.54, 1.807) is 6.07 Å². The lowest BCUT2D eigenvalue weighted by Crippen LogP contribution is -2.87. The number of hydrogen-bond donors (Lipinski definition) is 2. The van der Waals surface area contributed by atoms with Gasteiger partial charge in [-0.25, -0.2) is 0 Å². The van der Waals surface area contributed by atoms with Gasteiger partial charge in [0.1, 0.15) is 25.0 Å². The van der Waals surface area contributed by atoms with Crippen molar-refractivity contribution in [2.24, 2.45) is 0 Å². The van der Waals surface area contributed by atoms with Crippen molar-refractivity contribution in [3.63, 3.8) is 0 Å². The zero-order valence-corrected chi connectivity index (χ0v) is 18.1. The second kappa shape index (κ2) is 9.79. The molecule has 0 aliphatic carbocycles. The van der Waals surface area contributed by atoms with Crippen molar-refractivity contribution in [2.45, 2.75) is 45.6 Å². The Balaban J connectivity index is 1.74. The van der Waals surface area contributed by atoms with Crippen molar-refractivity contribution >= 4 is 23.2 Å². The van der Waals surface area contributed by atoms with Gasteiger partial charge < -0.3 is 15.2 Å². The van der Waals surface area contributed by atoms with Crippen LogP contribution in [0.2, 0.25) is 10.0 Å². The second-order valence-corrected chi connectivity index (χ2v) is 8.84. The zero-order valence-electron chi connectivity index (χ0n) is 16.6. The molecular weight excluding hydrogens is 381 g/mol. The van der Waals surface area contributed by atoms with E-state index in [1.165, 1.54) is 5.56 Å². The third-order valence-electron chi connectivity index (χ3n) is 4.54. The topological polar surface area (TPSA) is 46.1 Å². The lowest BCUT2D eigenvalue weighted by atomic mass is 9.86. The molecule has 5 heteroatoms. The van der Waals surface area contributed by atoms with Gasteiger partial charge in [0.15, 0.2) is 0 Å². The van der Waals surface area contributed by atoms with Crippen LogP contribution in [0.1, 0.15) is 37.5 Å². The monoisotopic (exact) mass is 410 g/mol. The molecule has 0 saturated carbocycles. The molecule has 27 heavy (non-hydrogen) atoms. The normalized spacial score (nSPS) is 12.9. The molecule has 2 aromatic rings. The van der Waals surface area contributed by atoms with Gasteiger partial charge in [0.05, 0.1) is 6.54 Å². The number of halogens is 2. The summed E-state index contributed by atoms with van der Waals surface area (Å²) in [7, 11) is 0. The fraction of sp³-hybridized carbons (Fsp3) is 0.455. The fourth-order valence-corrected chi connectivity index (χ4v) is 3.33. The molecule has 3 nitrogen and oxygen atoms in total. The van der Waals surface area contributed by atoms with Gasteiger partial charge in [-0.15, -0.1) is 0 Å². The third-order valence-corrected chi connectivity index (χ3v) is 5.13. The highest BCUT2D eigenvalue weighted by Gasteiger charge is 2.15. The summed E-state index contributed by atoms with van der Waals surface area (Å²) in [6, 6.07) is 11.8. The summed E-state index contributed by atoms with van der Waals surface area (Å²) in [5, 5.41) is 13.6. The van der Waals surface area contributed by atoms with Crippen molar-refractivity contribution < 1.29 is 15.2 Å². The van der Waals surface area contributed by atoms with E-state index in [1.807, 2.05) is 25.1 Å². The summed E-state index contributed by atoms with van der Waals surface area (Å²) in [6.45, 7) is 10.3. The van der Waals surface area contributed by atoms with Crippen LogP contribution in [-0.4, -0.2) is 30.9 Å². The van der Waals surface area contributed by atoms with Crippen molar-refractivity contribution in [2.75, 3.05) is 19.7 Å². The van der Waals surface area contributed by atoms with E-state index in [9.17, 15) is 5.11 Å². The van der Waals surface area contributed by atoms with Crippen LogP contribution in [0.15, 0.2) is 36.4 Å². The highest BCUT2D eigenvalue weighted by atomic mass is 35.5. The predicted octanol–water partition coefficient (Wildman–Crippen LogP) is 4.15. The summed E-state index contributed by atoms with van der Waals surface area (Å²) in [6.07, 6.45) is 0.309. The maximum Gasteiger partial charge on any atom is 0.137 e. The Morgan fingerprint density at radius 1 is 1.11 bits per heavy atom. The molecule has 0 aliphatic heterocycles. The summed E-state index contributed by atoms with van der Waals surface area (Å²) in [5.74, 6) is 0.829. The first-order valence-electron chi connectivity index (χ1n) is 9.34. The average molecular weight is 411 g/mol. The molecule has 148 valence electrons. The molecule has 0 amide bonds. The van der Waals surface area contributed by atoms with E-state index >= 15 is 0 Å². The minimum absolute atomic E-state index is 0.116. The molecule has 0 unspecified atom stereocenters. The quantitative estimate of drug-likeness (QED) is 0.642. The van der Waals surface area contributed by atoms with Crippen LogP contribution in [0, 0.1) is 6.92 Å². The van der Waals surface area contributed by atoms with Crippen LogP contribution in [-0.2, 0) is 11.8 Å². The van der Waals surface area contributed by atoms with Crippen LogP contribution in [0.3, 0.4) is 0 Å². The van der Waals surface area contributed by atoms with Crippen molar-refractivity contribution in [1.82, 2.24) is 0 Å². The number of aliphatic hydroxyl groups is 1. The minimum atomic E-state index is -0.521. The van der Waals surface area contributed by atoms with Gasteiger partial charge in [0.2, 0.25) is 0 Å². The van der Waals surface area contributed by atoms with Gasteiger partial charge in [0, 0.05) is 16.5 Å². The molecule has 0 aliphatic rings. The summed E-state index contributed by atoms with van der Waals surface area (Å²) in [4.78, 5) is 0. The Hall–Kier alpha value is -1.26. The Morgan fingerprint density at radius 2 is 1.85 bits per heavy atom. The van der Waals surface area contributed by atoms with E-state index in [4.69, 9.17) is 27.9 Å². The molecule has 0 aromatic heterocycles. The predicted molar refractivity (Wildman–Crippen MR) is 113 cm³/mol. The van der Waals surface area contributed by atoms with E-state index in [0.717, 1.165) is 29.8 Å². The first-order chi connectivity index (χ1) is 12.7. The summed E-state index contributed by atoms with van der Waals surface area (Å²) >= 11 is 12.1. The summed E-state index contributed by atoms with van der Waals surface area (Å²) in [5.41, 5.74) is 3.56. The number of ether oxygens (including phenoxy) is 1. The highest BCUT2D eigenvalue weighted by Crippen LogP contribution is 2.27. The number of aryl methyl sites for hydroxylation is 1. The molecule has 2 aromatic carbocycles. The molecule has 0 fully saturated rings. The average Bonchev–Trinajstić information content (AvgIpc) is 2.58. The molecule has 0 radical (unpaired) electrons. The lowest BCUT2D eigenvalue weighted by molar-refractivity contribution is -0.660. The number of hydrogen-bond acceptors (Lipinski definition) is 2. The van der Waals surface area contributed by atoms with Gasteiger partial charge in [-0.05, 0) is 47.2 Å². The maximum absolute atomic E-state index is 10.2. The number of quaternary nitrogens is 1. The van der Waals surface area contributed by atoms with E-state index < -0.39 is 6.10 Å². The van der Waals surface area contributed by atoms with E-state index in [2.05, 4.69) is 38.2 Å². The number of rotatable bonds is 8. The van der Waals surface area contributed by atoms with Gasteiger partial charge in [-0.3, -0.25) is 0 Å². The standard InChI is InChI=1S/C22H29Cl2NO2/c1-15-11-17(22(2,3)4)6-8-21(15)27-14-19(26)13-25-10-9-16-5-7-18(23)12-20(16)24/h5-8,11-12,19,25-26H,9-10,13-14H2,1-4H3/p+1/t19-/m0/s1. The maximum atomic E-state index is 10.2. The van der Waals surface area contributed by atoms with Gasteiger partial charge in [0.25, 0.3) is 0 Å². The van der Waals surface area contributed by atoms with Crippen LogP contribution >= 0.6 is 23.2 Å². The number of benzene rings is 2.